The monoisotopic (exact) mass is 193 g/mol. The van der Waals surface area contributed by atoms with E-state index in [1.54, 1.807) is 11.8 Å². The average Bonchev–Trinajstić information content (AvgIpc) is 2.31. The molecule has 58 valence electrons. The van der Waals surface area contributed by atoms with Crippen molar-refractivity contribution in [2.45, 2.75) is 0 Å². The van der Waals surface area contributed by atoms with Crippen molar-refractivity contribution in [1.29, 1.82) is 0 Å². The maximum absolute atomic E-state index is 5.13. The Morgan fingerprint density at radius 1 is 1.80 bits per heavy atom. The van der Waals surface area contributed by atoms with Crippen LogP contribution in [0.15, 0.2) is 0 Å². The smallest absolute Gasteiger partial charge is 0.136 e. The first-order chi connectivity index (χ1) is 4.84. The van der Waals surface area contributed by atoms with Gasteiger partial charge in [-0.05, 0) is 6.26 Å². The van der Waals surface area contributed by atoms with Gasteiger partial charge in [-0.3, -0.25) is 0 Å². The summed E-state index contributed by atoms with van der Waals surface area (Å²) in [5.41, 5.74) is 0. The van der Waals surface area contributed by atoms with Gasteiger partial charge in [0.05, 0.1) is 0 Å². The van der Waals surface area contributed by atoms with Gasteiger partial charge in [-0.1, -0.05) is 24.0 Å². The Kier molecular flexibility index (Phi) is 3.88. The number of hydrogen-bond donors (Lipinski definition) is 0. The van der Waals surface area contributed by atoms with Gasteiger partial charge in [0.25, 0.3) is 0 Å². The first-order valence-electron chi connectivity index (χ1n) is 3.25. The molecule has 4 heteroatoms. The van der Waals surface area contributed by atoms with Gasteiger partial charge in [0, 0.05) is 24.6 Å². The van der Waals surface area contributed by atoms with Crippen LogP contribution in [0.4, 0.5) is 0 Å². The van der Waals surface area contributed by atoms with E-state index in [9.17, 15) is 0 Å². The van der Waals surface area contributed by atoms with Crippen molar-refractivity contribution in [2.24, 2.45) is 0 Å². The highest BCUT2D eigenvalue weighted by Gasteiger charge is 2.15. The van der Waals surface area contributed by atoms with Crippen LogP contribution in [-0.4, -0.2) is 40.1 Å². The fourth-order valence-corrected chi connectivity index (χ4v) is 2.52. The van der Waals surface area contributed by atoms with Gasteiger partial charge in [-0.15, -0.1) is 0 Å². The zero-order valence-corrected chi connectivity index (χ0v) is 8.45. The SMILES string of the molecule is CSCCN1CCSC1=S. The number of hydrogen-bond acceptors (Lipinski definition) is 3. The predicted octanol–water partition coefficient (Wildman–Crippen LogP) is 1.68. The average molecular weight is 193 g/mol. The molecule has 0 saturated carbocycles. The normalized spacial score (nSPS) is 18.5. The molecule has 10 heavy (non-hydrogen) atoms. The van der Waals surface area contributed by atoms with Crippen molar-refractivity contribution in [3.05, 3.63) is 0 Å². The topological polar surface area (TPSA) is 3.24 Å². The molecule has 1 rings (SSSR count). The minimum atomic E-state index is 1.09. The van der Waals surface area contributed by atoms with E-state index in [1.807, 2.05) is 11.8 Å². The summed E-state index contributed by atoms with van der Waals surface area (Å²) in [6.45, 7) is 2.29. The van der Waals surface area contributed by atoms with Crippen LogP contribution in [0.5, 0.6) is 0 Å². The van der Waals surface area contributed by atoms with Crippen molar-refractivity contribution in [1.82, 2.24) is 4.90 Å². The molecule has 0 N–H and O–H groups in total. The highest BCUT2D eigenvalue weighted by Crippen LogP contribution is 2.17. The molecule has 0 aromatic rings. The maximum atomic E-state index is 5.13. The zero-order chi connectivity index (χ0) is 7.40. The van der Waals surface area contributed by atoms with Crippen molar-refractivity contribution in [3.63, 3.8) is 0 Å². The van der Waals surface area contributed by atoms with Crippen LogP contribution in [0.1, 0.15) is 0 Å². The van der Waals surface area contributed by atoms with Crippen LogP contribution in [0.2, 0.25) is 0 Å². The molecular weight excluding hydrogens is 182 g/mol. The molecule has 1 heterocycles. The second-order valence-electron chi connectivity index (χ2n) is 2.09. The van der Waals surface area contributed by atoms with Crippen LogP contribution < -0.4 is 0 Å². The van der Waals surface area contributed by atoms with E-state index >= 15 is 0 Å². The molecule has 1 aliphatic heterocycles. The van der Waals surface area contributed by atoms with E-state index in [4.69, 9.17) is 12.2 Å². The summed E-state index contributed by atoms with van der Waals surface area (Å²) in [7, 11) is 0. The summed E-state index contributed by atoms with van der Waals surface area (Å²) in [5.74, 6) is 2.38. The summed E-state index contributed by atoms with van der Waals surface area (Å²) in [4.78, 5) is 2.29. The molecule has 0 amide bonds. The summed E-state index contributed by atoms with van der Waals surface area (Å²) < 4.78 is 1.09. The molecule has 0 radical (unpaired) electrons. The van der Waals surface area contributed by atoms with Gasteiger partial charge in [-0.25, -0.2) is 0 Å². The van der Waals surface area contributed by atoms with Crippen molar-refractivity contribution in [2.75, 3.05) is 30.9 Å². The second kappa shape index (κ2) is 4.46. The Bertz CT molecular complexity index is 126. The quantitative estimate of drug-likeness (QED) is 0.627. The first kappa shape index (κ1) is 8.68. The highest BCUT2D eigenvalue weighted by molar-refractivity contribution is 8.23. The van der Waals surface area contributed by atoms with E-state index in [0.29, 0.717) is 0 Å². The van der Waals surface area contributed by atoms with Crippen LogP contribution in [0.3, 0.4) is 0 Å². The van der Waals surface area contributed by atoms with Gasteiger partial charge in [0.15, 0.2) is 0 Å². The second-order valence-corrected chi connectivity index (χ2v) is 4.81. The largest absolute Gasteiger partial charge is 0.356 e. The lowest BCUT2D eigenvalue weighted by Gasteiger charge is -2.14. The van der Waals surface area contributed by atoms with Crippen molar-refractivity contribution >= 4 is 40.1 Å². The molecule has 0 unspecified atom stereocenters. The minimum absolute atomic E-state index is 1.09. The van der Waals surface area contributed by atoms with Gasteiger partial charge in [0.2, 0.25) is 0 Å². The van der Waals surface area contributed by atoms with Gasteiger partial charge in [-0.2, -0.15) is 11.8 Å². The van der Waals surface area contributed by atoms with E-state index in [0.717, 1.165) is 17.4 Å². The first-order valence-corrected chi connectivity index (χ1v) is 6.04. The fraction of sp³-hybridized carbons (Fsp3) is 0.833. The van der Waals surface area contributed by atoms with Gasteiger partial charge >= 0.3 is 0 Å². The molecule has 1 saturated heterocycles. The van der Waals surface area contributed by atoms with Crippen LogP contribution >= 0.6 is 35.7 Å². The summed E-state index contributed by atoms with van der Waals surface area (Å²) in [5, 5.41) is 0. The minimum Gasteiger partial charge on any atom is -0.356 e. The van der Waals surface area contributed by atoms with Crippen LogP contribution in [0, 0.1) is 0 Å². The molecule has 1 nitrogen and oxygen atoms in total. The molecule has 0 atom stereocenters. The van der Waals surface area contributed by atoms with Crippen LogP contribution in [-0.2, 0) is 0 Å². The molecule has 0 aromatic carbocycles. The van der Waals surface area contributed by atoms with E-state index in [1.165, 1.54) is 11.5 Å². The Morgan fingerprint density at radius 2 is 2.60 bits per heavy atom. The standard InChI is InChI=1S/C6H11NS3/c1-9-4-2-7-3-5-10-6(7)8/h2-5H2,1H3. The number of thioether (sulfide) groups is 2. The van der Waals surface area contributed by atoms with E-state index < -0.39 is 0 Å². The Morgan fingerprint density at radius 3 is 3.10 bits per heavy atom. The summed E-state index contributed by atoms with van der Waals surface area (Å²) in [6.07, 6.45) is 2.13. The Hall–Kier alpha value is 0.590. The van der Waals surface area contributed by atoms with Gasteiger partial charge < -0.3 is 4.90 Å². The van der Waals surface area contributed by atoms with Crippen LogP contribution in [0.25, 0.3) is 0 Å². The maximum Gasteiger partial charge on any atom is 0.136 e. The molecule has 0 aliphatic carbocycles. The summed E-state index contributed by atoms with van der Waals surface area (Å²) in [6, 6.07) is 0. The lowest BCUT2D eigenvalue weighted by atomic mass is 10.6. The van der Waals surface area contributed by atoms with E-state index in [-0.39, 0.29) is 0 Å². The number of nitrogens with zero attached hydrogens (tertiary/aromatic N) is 1. The number of thiocarbonyl (C=S) groups is 1. The fourth-order valence-electron chi connectivity index (χ4n) is 0.830. The Balaban J connectivity index is 2.20. The molecular formula is C6H11NS3. The van der Waals surface area contributed by atoms with Crippen molar-refractivity contribution < 1.29 is 0 Å². The van der Waals surface area contributed by atoms with Gasteiger partial charge in [0.1, 0.15) is 4.32 Å². The third-order valence-corrected chi connectivity index (χ3v) is 3.50. The highest BCUT2D eigenvalue weighted by atomic mass is 32.2. The molecule has 1 aliphatic rings. The van der Waals surface area contributed by atoms with Crippen molar-refractivity contribution in [3.8, 4) is 0 Å². The zero-order valence-electron chi connectivity index (χ0n) is 6.00. The lowest BCUT2D eigenvalue weighted by molar-refractivity contribution is 0.500. The lowest BCUT2D eigenvalue weighted by Crippen LogP contribution is -2.25. The predicted molar refractivity (Wildman–Crippen MR) is 55.0 cm³/mol. The Labute approximate surface area is 75.9 Å². The molecule has 0 bridgehead atoms. The molecule has 0 aromatic heterocycles. The molecule has 1 fully saturated rings. The summed E-state index contributed by atoms with van der Waals surface area (Å²) >= 11 is 8.82. The number of rotatable bonds is 3. The third-order valence-electron chi connectivity index (χ3n) is 1.41. The third kappa shape index (κ3) is 2.32. The van der Waals surface area contributed by atoms with E-state index in [2.05, 4.69) is 11.2 Å². The molecule has 0 spiro atoms.